The lowest BCUT2D eigenvalue weighted by Crippen LogP contribution is -2.27. The molecule has 3 fully saturated rings. The van der Waals surface area contributed by atoms with E-state index in [1.165, 1.54) is 12.8 Å². The summed E-state index contributed by atoms with van der Waals surface area (Å²) in [7, 11) is 0. The van der Waals surface area contributed by atoms with E-state index < -0.39 is 0 Å². The quantitative estimate of drug-likeness (QED) is 0.845. The molecule has 1 unspecified atom stereocenters. The van der Waals surface area contributed by atoms with Crippen LogP contribution in [0.3, 0.4) is 0 Å². The molecular formula is C15H21N3O2. The van der Waals surface area contributed by atoms with Crippen LogP contribution in [-0.4, -0.2) is 33.5 Å². The molecule has 0 aromatic carbocycles. The van der Waals surface area contributed by atoms with Crippen molar-refractivity contribution >= 4 is 5.91 Å². The number of hydrogen-bond acceptors (Lipinski definition) is 4. The zero-order valence-corrected chi connectivity index (χ0v) is 12.1. The third kappa shape index (κ3) is 1.95. The van der Waals surface area contributed by atoms with E-state index in [0.717, 1.165) is 31.1 Å². The monoisotopic (exact) mass is 275 g/mol. The van der Waals surface area contributed by atoms with Crippen LogP contribution in [0.1, 0.15) is 63.6 Å². The van der Waals surface area contributed by atoms with Gasteiger partial charge in [-0.3, -0.25) is 4.79 Å². The Bertz CT molecular complexity index is 543. The zero-order chi connectivity index (χ0) is 13.9. The van der Waals surface area contributed by atoms with Crippen molar-refractivity contribution in [2.45, 2.75) is 63.3 Å². The average Bonchev–Trinajstić information content (AvgIpc) is 3.32. The molecule has 5 nitrogen and oxygen atoms in total. The summed E-state index contributed by atoms with van der Waals surface area (Å²) in [5, 5.41) is 4.16. The molecular weight excluding hydrogens is 254 g/mol. The van der Waals surface area contributed by atoms with Crippen LogP contribution in [0.15, 0.2) is 4.52 Å². The summed E-state index contributed by atoms with van der Waals surface area (Å²) in [6.07, 6.45) is 5.36. The Morgan fingerprint density at radius 1 is 1.25 bits per heavy atom. The Hall–Kier alpha value is -1.39. The Morgan fingerprint density at radius 2 is 2.00 bits per heavy atom. The fourth-order valence-corrected chi connectivity index (χ4v) is 3.29. The summed E-state index contributed by atoms with van der Waals surface area (Å²) < 4.78 is 5.50. The van der Waals surface area contributed by atoms with Crippen LogP contribution >= 0.6 is 0 Å². The molecule has 2 heterocycles. The van der Waals surface area contributed by atoms with Gasteiger partial charge in [0.25, 0.3) is 0 Å². The number of carbonyl (C=O) groups is 1. The largest absolute Gasteiger partial charge is 0.339 e. The standard InChI is InChI=1S/C15H21N3O2/c1-15(2,10-3-4-10)14-16-13(17-20-14)9-7-12(19)18(8-9)11-5-6-11/h9-11H,3-8H2,1-2H3. The first-order valence-electron chi connectivity index (χ1n) is 7.69. The van der Waals surface area contributed by atoms with Gasteiger partial charge in [-0.25, -0.2) is 0 Å². The predicted molar refractivity (Wildman–Crippen MR) is 72.1 cm³/mol. The maximum Gasteiger partial charge on any atom is 0.232 e. The third-order valence-corrected chi connectivity index (χ3v) is 5.10. The van der Waals surface area contributed by atoms with Gasteiger partial charge in [0.2, 0.25) is 11.8 Å². The second kappa shape index (κ2) is 4.06. The lowest BCUT2D eigenvalue weighted by atomic mass is 9.87. The Morgan fingerprint density at radius 3 is 2.65 bits per heavy atom. The molecule has 1 aliphatic heterocycles. The van der Waals surface area contributed by atoms with Gasteiger partial charge in [-0.1, -0.05) is 19.0 Å². The highest BCUT2D eigenvalue weighted by Crippen LogP contribution is 2.46. The summed E-state index contributed by atoms with van der Waals surface area (Å²) in [6.45, 7) is 5.13. The van der Waals surface area contributed by atoms with E-state index in [0.29, 0.717) is 18.4 Å². The summed E-state index contributed by atoms with van der Waals surface area (Å²) >= 11 is 0. The van der Waals surface area contributed by atoms with Crippen LogP contribution < -0.4 is 0 Å². The number of aromatic nitrogens is 2. The zero-order valence-electron chi connectivity index (χ0n) is 12.1. The van der Waals surface area contributed by atoms with Crippen LogP contribution in [0.4, 0.5) is 0 Å². The molecule has 108 valence electrons. The van der Waals surface area contributed by atoms with Gasteiger partial charge < -0.3 is 9.42 Å². The highest BCUT2D eigenvalue weighted by atomic mass is 16.5. The molecule has 1 atom stereocenters. The minimum absolute atomic E-state index is 0.0238. The van der Waals surface area contributed by atoms with Crippen molar-refractivity contribution in [2.75, 3.05) is 6.54 Å². The van der Waals surface area contributed by atoms with E-state index in [4.69, 9.17) is 4.52 Å². The average molecular weight is 275 g/mol. The number of hydrogen-bond donors (Lipinski definition) is 0. The number of rotatable bonds is 4. The molecule has 2 saturated carbocycles. The summed E-state index contributed by atoms with van der Waals surface area (Å²) in [4.78, 5) is 18.6. The molecule has 5 heteroatoms. The normalized spacial score (nSPS) is 27.4. The highest BCUT2D eigenvalue weighted by Gasteiger charge is 2.45. The van der Waals surface area contributed by atoms with E-state index in [1.54, 1.807) is 0 Å². The van der Waals surface area contributed by atoms with E-state index in [9.17, 15) is 4.79 Å². The molecule has 0 N–H and O–H groups in total. The van der Waals surface area contributed by atoms with Crippen LogP contribution in [0.5, 0.6) is 0 Å². The van der Waals surface area contributed by atoms with Crippen molar-refractivity contribution in [1.82, 2.24) is 15.0 Å². The molecule has 1 aromatic rings. The fourth-order valence-electron chi connectivity index (χ4n) is 3.29. The smallest absolute Gasteiger partial charge is 0.232 e. The van der Waals surface area contributed by atoms with Gasteiger partial charge in [0, 0.05) is 30.3 Å². The number of likely N-dealkylation sites (tertiary alicyclic amines) is 1. The van der Waals surface area contributed by atoms with Gasteiger partial charge in [-0.15, -0.1) is 0 Å². The first-order chi connectivity index (χ1) is 9.55. The van der Waals surface area contributed by atoms with Gasteiger partial charge in [0.15, 0.2) is 5.82 Å². The van der Waals surface area contributed by atoms with Crippen molar-refractivity contribution < 1.29 is 9.32 Å². The van der Waals surface area contributed by atoms with Crippen molar-refractivity contribution in [2.24, 2.45) is 5.92 Å². The first-order valence-corrected chi connectivity index (χ1v) is 7.69. The maximum atomic E-state index is 12.0. The number of amides is 1. The number of carbonyl (C=O) groups excluding carboxylic acids is 1. The highest BCUT2D eigenvalue weighted by molar-refractivity contribution is 5.80. The van der Waals surface area contributed by atoms with Crippen molar-refractivity contribution in [3.63, 3.8) is 0 Å². The molecule has 4 rings (SSSR count). The Labute approximate surface area is 118 Å². The van der Waals surface area contributed by atoms with E-state index in [1.807, 2.05) is 4.90 Å². The molecule has 1 amide bonds. The van der Waals surface area contributed by atoms with Gasteiger partial charge in [0.05, 0.1) is 0 Å². The third-order valence-electron chi connectivity index (χ3n) is 5.10. The van der Waals surface area contributed by atoms with E-state index in [2.05, 4.69) is 24.0 Å². The van der Waals surface area contributed by atoms with Crippen molar-refractivity contribution in [3.8, 4) is 0 Å². The van der Waals surface area contributed by atoms with E-state index >= 15 is 0 Å². The SMILES string of the molecule is CC(C)(c1nc(C2CC(=O)N(C3CC3)C2)no1)C1CC1. The second-order valence-electron chi connectivity index (χ2n) is 7.13. The van der Waals surface area contributed by atoms with Crippen LogP contribution in [0.2, 0.25) is 0 Å². The molecule has 3 aliphatic rings. The summed E-state index contributed by atoms with van der Waals surface area (Å²) in [5.74, 6) is 2.52. The lowest BCUT2D eigenvalue weighted by molar-refractivity contribution is -0.128. The van der Waals surface area contributed by atoms with Gasteiger partial charge >= 0.3 is 0 Å². The van der Waals surface area contributed by atoms with Crippen LogP contribution in [0, 0.1) is 5.92 Å². The minimum Gasteiger partial charge on any atom is -0.339 e. The van der Waals surface area contributed by atoms with Crippen LogP contribution in [-0.2, 0) is 10.2 Å². The van der Waals surface area contributed by atoms with Crippen molar-refractivity contribution in [1.29, 1.82) is 0 Å². The van der Waals surface area contributed by atoms with E-state index in [-0.39, 0.29) is 17.2 Å². The van der Waals surface area contributed by atoms with Crippen LogP contribution in [0.25, 0.3) is 0 Å². The molecule has 20 heavy (non-hydrogen) atoms. The molecule has 1 aromatic heterocycles. The topological polar surface area (TPSA) is 59.2 Å². The fraction of sp³-hybridized carbons (Fsp3) is 0.800. The molecule has 0 spiro atoms. The summed E-state index contributed by atoms with van der Waals surface area (Å²) in [6, 6.07) is 0.488. The lowest BCUT2D eigenvalue weighted by Gasteiger charge is -2.18. The Kier molecular flexibility index (Phi) is 2.51. The number of nitrogens with zero attached hydrogens (tertiary/aromatic N) is 3. The Balaban J connectivity index is 1.52. The molecule has 1 saturated heterocycles. The maximum absolute atomic E-state index is 12.0. The van der Waals surface area contributed by atoms with Crippen molar-refractivity contribution in [3.05, 3.63) is 11.7 Å². The molecule has 0 bridgehead atoms. The summed E-state index contributed by atoms with van der Waals surface area (Å²) in [5.41, 5.74) is -0.0238. The first kappa shape index (κ1) is 12.4. The minimum atomic E-state index is -0.0238. The second-order valence-corrected chi connectivity index (χ2v) is 7.13. The van der Waals surface area contributed by atoms with Gasteiger partial charge in [-0.05, 0) is 31.6 Å². The predicted octanol–water partition coefficient (Wildman–Crippen LogP) is 2.24. The van der Waals surface area contributed by atoms with Gasteiger partial charge in [0.1, 0.15) is 0 Å². The molecule has 2 aliphatic carbocycles. The van der Waals surface area contributed by atoms with Gasteiger partial charge in [-0.2, -0.15) is 4.98 Å². The molecule has 0 radical (unpaired) electrons.